The summed E-state index contributed by atoms with van der Waals surface area (Å²) in [6.45, 7) is 7.15. The standard InChI is InChI=1S/C18H21BrFNO3/c1-10(22)15-13-8-18(13,12-7-11(19)5-6-14(12)20)9-21(15)16(23)24-17(2,3)4/h5-7,13,15H,8-9H2,1-4H3/t13-,15-,18-/m0/s1. The molecule has 3 atom stereocenters. The number of hydrogen-bond acceptors (Lipinski definition) is 3. The van der Waals surface area contributed by atoms with Gasteiger partial charge in [0, 0.05) is 16.4 Å². The van der Waals surface area contributed by atoms with Crippen LogP contribution in [0.2, 0.25) is 0 Å². The molecule has 1 saturated heterocycles. The fourth-order valence-electron chi connectivity index (χ4n) is 3.82. The lowest BCUT2D eigenvalue weighted by molar-refractivity contribution is -0.122. The van der Waals surface area contributed by atoms with Crippen molar-refractivity contribution in [3.63, 3.8) is 0 Å². The van der Waals surface area contributed by atoms with Gasteiger partial charge < -0.3 is 4.74 Å². The topological polar surface area (TPSA) is 46.6 Å². The second-order valence-electron chi connectivity index (χ2n) is 7.75. The van der Waals surface area contributed by atoms with Gasteiger partial charge in [-0.1, -0.05) is 15.9 Å². The van der Waals surface area contributed by atoms with Crippen LogP contribution in [0.5, 0.6) is 0 Å². The first-order valence-electron chi connectivity index (χ1n) is 8.01. The summed E-state index contributed by atoms with van der Waals surface area (Å²) < 4.78 is 20.6. The van der Waals surface area contributed by atoms with E-state index in [0.29, 0.717) is 18.5 Å². The van der Waals surface area contributed by atoms with Crippen LogP contribution in [0.1, 0.15) is 39.7 Å². The predicted molar refractivity (Wildman–Crippen MR) is 91.3 cm³/mol. The lowest BCUT2D eigenvalue weighted by Crippen LogP contribution is -2.45. The number of carbonyl (C=O) groups excluding carboxylic acids is 2. The van der Waals surface area contributed by atoms with Crippen molar-refractivity contribution in [2.45, 2.75) is 51.2 Å². The van der Waals surface area contributed by atoms with E-state index in [0.717, 1.165) is 4.47 Å². The molecule has 6 heteroatoms. The molecule has 4 nitrogen and oxygen atoms in total. The highest BCUT2D eigenvalue weighted by atomic mass is 79.9. The largest absolute Gasteiger partial charge is 0.444 e. The Labute approximate surface area is 149 Å². The fourth-order valence-corrected chi connectivity index (χ4v) is 4.19. The van der Waals surface area contributed by atoms with Crippen molar-refractivity contribution in [2.75, 3.05) is 6.54 Å². The van der Waals surface area contributed by atoms with Crippen molar-refractivity contribution in [2.24, 2.45) is 5.92 Å². The predicted octanol–water partition coefficient (Wildman–Crippen LogP) is 4.05. The van der Waals surface area contributed by atoms with Crippen LogP contribution in [0.3, 0.4) is 0 Å². The number of Topliss-reactive ketones (excluding diaryl/α,β-unsaturated/α-hetero) is 1. The van der Waals surface area contributed by atoms with Crippen molar-refractivity contribution in [3.8, 4) is 0 Å². The van der Waals surface area contributed by atoms with E-state index in [1.807, 2.05) is 0 Å². The summed E-state index contributed by atoms with van der Waals surface area (Å²) in [6.07, 6.45) is 0.203. The van der Waals surface area contributed by atoms with Gasteiger partial charge in [-0.25, -0.2) is 9.18 Å². The summed E-state index contributed by atoms with van der Waals surface area (Å²) in [5.74, 6) is -0.430. The number of amides is 1. The minimum atomic E-state index is -0.639. The molecule has 0 aromatic heterocycles. The van der Waals surface area contributed by atoms with E-state index in [9.17, 15) is 14.0 Å². The number of likely N-dealkylation sites (tertiary alicyclic amines) is 1. The third-order valence-corrected chi connectivity index (χ3v) is 5.31. The number of ketones is 1. The van der Waals surface area contributed by atoms with Gasteiger partial charge in [-0.15, -0.1) is 0 Å². The van der Waals surface area contributed by atoms with Gasteiger partial charge in [0.05, 0.1) is 6.04 Å². The maximum absolute atomic E-state index is 14.4. The molecule has 2 fully saturated rings. The highest BCUT2D eigenvalue weighted by Gasteiger charge is 2.68. The molecule has 0 bridgehead atoms. The number of piperidine rings is 1. The minimum Gasteiger partial charge on any atom is -0.444 e. The number of fused-ring (bicyclic) bond motifs is 1. The van der Waals surface area contributed by atoms with E-state index in [1.165, 1.54) is 17.9 Å². The summed E-state index contributed by atoms with van der Waals surface area (Å²) in [5, 5.41) is 0. The van der Waals surface area contributed by atoms with E-state index < -0.39 is 23.2 Å². The number of ether oxygens (including phenoxy) is 1. The Morgan fingerprint density at radius 3 is 2.62 bits per heavy atom. The zero-order valence-corrected chi connectivity index (χ0v) is 15.8. The summed E-state index contributed by atoms with van der Waals surface area (Å²) in [5.41, 5.74) is -0.556. The number of nitrogens with zero attached hydrogens (tertiary/aromatic N) is 1. The summed E-state index contributed by atoms with van der Waals surface area (Å²) >= 11 is 3.38. The van der Waals surface area contributed by atoms with Crippen molar-refractivity contribution in [3.05, 3.63) is 34.1 Å². The molecule has 1 saturated carbocycles. The summed E-state index contributed by atoms with van der Waals surface area (Å²) in [4.78, 5) is 26.1. The quantitative estimate of drug-likeness (QED) is 0.755. The SMILES string of the molecule is CC(=O)[C@H]1[C@@H]2C[C@@]2(c2cc(Br)ccc2F)CN1C(=O)OC(C)(C)C. The van der Waals surface area contributed by atoms with Crippen molar-refractivity contribution in [1.29, 1.82) is 0 Å². The van der Waals surface area contributed by atoms with Crippen molar-refractivity contribution >= 4 is 27.8 Å². The molecule has 24 heavy (non-hydrogen) atoms. The van der Waals surface area contributed by atoms with Gasteiger partial charge in [0.15, 0.2) is 5.78 Å². The van der Waals surface area contributed by atoms with Crippen LogP contribution >= 0.6 is 15.9 Å². The third kappa shape index (κ3) is 2.85. The molecule has 1 heterocycles. The first-order valence-corrected chi connectivity index (χ1v) is 8.80. The number of benzene rings is 1. The average Bonchev–Trinajstić information content (AvgIpc) is 3.05. The molecule has 130 valence electrons. The maximum atomic E-state index is 14.4. The van der Waals surface area contributed by atoms with Gasteiger partial charge >= 0.3 is 6.09 Å². The van der Waals surface area contributed by atoms with Crippen molar-refractivity contribution < 1.29 is 18.7 Å². The molecule has 1 amide bonds. The lowest BCUT2D eigenvalue weighted by atomic mass is 9.93. The van der Waals surface area contributed by atoms with Gasteiger partial charge in [-0.05, 0) is 63.8 Å². The highest BCUT2D eigenvalue weighted by molar-refractivity contribution is 9.10. The van der Waals surface area contributed by atoms with E-state index in [4.69, 9.17) is 4.74 Å². The summed E-state index contributed by atoms with van der Waals surface area (Å²) in [7, 11) is 0. The molecule has 3 rings (SSSR count). The maximum Gasteiger partial charge on any atom is 0.410 e. The lowest BCUT2D eigenvalue weighted by Gasteiger charge is -2.29. The Hall–Kier alpha value is -1.43. The third-order valence-electron chi connectivity index (χ3n) is 4.81. The van der Waals surface area contributed by atoms with E-state index in [-0.39, 0.29) is 17.5 Å². The molecule has 1 aliphatic heterocycles. The number of halogens is 2. The van der Waals surface area contributed by atoms with Gasteiger partial charge in [-0.3, -0.25) is 9.69 Å². The molecule has 1 aliphatic carbocycles. The molecule has 1 aromatic carbocycles. The van der Waals surface area contributed by atoms with Crippen LogP contribution in [-0.4, -0.2) is 35.0 Å². The van der Waals surface area contributed by atoms with Gasteiger partial charge in [0.25, 0.3) is 0 Å². The zero-order valence-electron chi connectivity index (χ0n) is 14.2. The van der Waals surface area contributed by atoms with Crippen LogP contribution in [0.4, 0.5) is 9.18 Å². The molecule has 0 radical (unpaired) electrons. The van der Waals surface area contributed by atoms with Gasteiger partial charge in [0.2, 0.25) is 0 Å². The highest BCUT2D eigenvalue weighted by Crippen LogP contribution is 2.62. The van der Waals surface area contributed by atoms with Gasteiger partial charge in [0.1, 0.15) is 11.4 Å². The second-order valence-corrected chi connectivity index (χ2v) is 8.67. The molecule has 2 aliphatic rings. The molecule has 0 spiro atoms. The Morgan fingerprint density at radius 1 is 1.38 bits per heavy atom. The second kappa shape index (κ2) is 5.55. The van der Waals surface area contributed by atoms with Gasteiger partial charge in [-0.2, -0.15) is 0 Å². The van der Waals surface area contributed by atoms with Crippen LogP contribution < -0.4 is 0 Å². The zero-order chi connectivity index (χ0) is 17.9. The Morgan fingerprint density at radius 2 is 2.04 bits per heavy atom. The van der Waals surface area contributed by atoms with E-state index >= 15 is 0 Å². The van der Waals surface area contributed by atoms with Crippen LogP contribution in [0.25, 0.3) is 0 Å². The Bertz CT molecular complexity index is 715. The normalized spacial score (nSPS) is 28.5. The first kappa shape index (κ1) is 17.4. The molecule has 1 aromatic rings. The Balaban J connectivity index is 1.94. The monoisotopic (exact) mass is 397 g/mol. The number of hydrogen-bond donors (Lipinski definition) is 0. The minimum absolute atomic E-state index is 0.0497. The van der Waals surface area contributed by atoms with Crippen LogP contribution in [0, 0.1) is 11.7 Å². The molecule has 0 N–H and O–H groups in total. The van der Waals surface area contributed by atoms with Crippen LogP contribution in [0.15, 0.2) is 22.7 Å². The Kier molecular flexibility index (Phi) is 4.02. The van der Waals surface area contributed by atoms with E-state index in [1.54, 1.807) is 32.9 Å². The molecule has 0 unspecified atom stereocenters. The molecular weight excluding hydrogens is 377 g/mol. The average molecular weight is 398 g/mol. The summed E-state index contributed by atoms with van der Waals surface area (Å²) in [6, 6.07) is 4.28. The van der Waals surface area contributed by atoms with E-state index in [2.05, 4.69) is 15.9 Å². The van der Waals surface area contributed by atoms with Crippen molar-refractivity contribution in [1.82, 2.24) is 4.90 Å². The smallest absolute Gasteiger partial charge is 0.410 e. The number of rotatable bonds is 2. The molecular formula is C18H21BrFNO3. The number of carbonyl (C=O) groups is 2. The van der Waals surface area contributed by atoms with Crippen LogP contribution in [-0.2, 0) is 14.9 Å². The first-order chi connectivity index (χ1) is 11.0. The fraction of sp³-hybridized carbons (Fsp3) is 0.556.